The Morgan fingerprint density at radius 1 is 1.27 bits per heavy atom. The van der Waals surface area contributed by atoms with Gasteiger partial charge in [0.2, 0.25) is 5.91 Å². The smallest absolute Gasteiger partial charge is 0.250 e. The number of amides is 2. The van der Waals surface area contributed by atoms with Crippen LogP contribution in [0.5, 0.6) is 0 Å². The number of hydrogen-bond donors (Lipinski definition) is 4. The van der Waals surface area contributed by atoms with Crippen molar-refractivity contribution in [3.8, 4) is 0 Å². The van der Waals surface area contributed by atoms with Crippen LogP contribution in [0, 0.1) is 0 Å². The average Bonchev–Trinajstić information content (AvgIpc) is 2.52. The van der Waals surface area contributed by atoms with Gasteiger partial charge in [-0.2, -0.15) is 0 Å². The molecule has 1 unspecified atom stereocenters. The molecule has 0 saturated heterocycles. The van der Waals surface area contributed by atoms with E-state index < -0.39 is 18.1 Å². The second-order valence-electron chi connectivity index (χ2n) is 5.32. The summed E-state index contributed by atoms with van der Waals surface area (Å²) in [6.07, 6.45) is 0.0335. The highest BCUT2D eigenvalue weighted by Crippen LogP contribution is 2.10. The summed E-state index contributed by atoms with van der Waals surface area (Å²) in [6, 6.07) is 8.75. The van der Waals surface area contributed by atoms with E-state index in [0.717, 1.165) is 12.0 Å². The SMILES string of the molecule is CCC[C@H](N)C(O)C(=O)NCC(=O)N[C@H](C)c1ccccc1. The molecule has 0 aliphatic carbocycles. The van der Waals surface area contributed by atoms with Gasteiger partial charge in [0.15, 0.2) is 0 Å². The van der Waals surface area contributed by atoms with E-state index in [1.807, 2.05) is 44.2 Å². The molecule has 0 aromatic heterocycles. The number of nitrogens with two attached hydrogens (primary N) is 1. The molecule has 0 radical (unpaired) electrons. The minimum Gasteiger partial charge on any atom is -0.382 e. The minimum atomic E-state index is -1.29. The van der Waals surface area contributed by atoms with Crippen molar-refractivity contribution in [2.75, 3.05) is 6.54 Å². The summed E-state index contributed by atoms with van der Waals surface area (Å²) < 4.78 is 0. The van der Waals surface area contributed by atoms with Gasteiger partial charge >= 0.3 is 0 Å². The van der Waals surface area contributed by atoms with Gasteiger partial charge in [0, 0.05) is 6.04 Å². The van der Waals surface area contributed by atoms with Crippen LogP contribution >= 0.6 is 0 Å². The number of rotatable bonds is 8. The molecule has 0 bridgehead atoms. The Kier molecular flexibility index (Phi) is 7.56. The van der Waals surface area contributed by atoms with Crippen LogP contribution in [0.3, 0.4) is 0 Å². The summed E-state index contributed by atoms with van der Waals surface area (Å²) in [6.45, 7) is 3.59. The summed E-state index contributed by atoms with van der Waals surface area (Å²) in [5.74, 6) is -0.940. The third-order valence-electron chi connectivity index (χ3n) is 3.40. The number of carbonyl (C=O) groups is 2. The van der Waals surface area contributed by atoms with Gasteiger partial charge in [-0.05, 0) is 18.9 Å². The first-order chi connectivity index (χ1) is 10.5. The highest BCUT2D eigenvalue weighted by atomic mass is 16.3. The Balaban J connectivity index is 2.38. The first-order valence-electron chi connectivity index (χ1n) is 7.51. The zero-order chi connectivity index (χ0) is 16.5. The van der Waals surface area contributed by atoms with Crippen molar-refractivity contribution in [3.05, 3.63) is 35.9 Å². The summed E-state index contributed by atoms with van der Waals surface area (Å²) in [4.78, 5) is 23.5. The van der Waals surface area contributed by atoms with E-state index >= 15 is 0 Å². The topological polar surface area (TPSA) is 104 Å². The Bertz CT molecular complexity index is 479. The third-order valence-corrected chi connectivity index (χ3v) is 3.40. The molecule has 0 spiro atoms. The number of hydrogen-bond acceptors (Lipinski definition) is 4. The van der Waals surface area contributed by atoms with Gasteiger partial charge in [0.1, 0.15) is 6.10 Å². The maximum absolute atomic E-state index is 11.8. The van der Waals surface area contributed by atoms with Crippen molar-refractivity contribution in [1.29, 1.82) is 0 Å². The average molecular weight is 307 g/mol. The predicted molar refractivity (Wildman–Crippen MR) is 84.9 cm³/mol. The van der Waals surface area contributed by atoms with Crippen molar-refractivity contribution in [1.82, 2.24) is 10.6 Å². The molecule has 0 heterocycles. The summed E-state index contributed by atoms with van der Waals surface area (Å²) in [5.41, 5.74) is 6.66. The standard InChI is InChI=1S/C16H25N3O3/c1-3-7-13(17)15(21)16(22)18-10-14(20)19-11(2)12-8-5-4-6-9-12/h4-6,8-9,11,13,15,21H,3,7,10,17H2,1-2H3,(H,18,22)(H,19,20)/t11-,13+,15?/m1/s1. The molecule has 6 heteroatoms. The third kappa shape index (κ3) is 5.83. The molecule has 3 atom stereocenters. The Morgan fingerprint density at radius 2 is 1.91 bits per heavy atom. The number of nitrogens with one attached hydrogen (secondary N) is 2. The molecule has 0 aliphatic rings. The van der Waals surface area contributed by atoms with E-state index in [9.17, 15) is 14.7 Å². The first-order valence-corrected chi connectivity index (χ1v) is 7.51. The lowest BCUT2D eigenvalue weighted by Gasteiger charge is -2.18. The van der Waals surface area contributed by atoms with E-state index in [4.69, 9.17) is 5.73 Å². The number of benzene rings is 1. The fourth-order valence-electron chi connectivity index (χ4n) is 2.08. The molecule has 1 aromatic rings. The lowest BCUT2D eigenvalue weighted by atomic mass is 10.1. The van der Waals surface area contributed by atoms with Crippen LogP contribution in [-0.4, -0.2) is 35.6 Å². The van der Waals surface area contributed by atoms with Crippen LogP contribution < -0.4 is 16.4 Å². The molecule has 22 heavy (non-hydrogen) atoms. The Hall–Kier alpha value is -1.92. The fourth-order valence-corrected chi connectivity index (χ4v) is 2.08. The molecule has 1 aromatic carbocycles. The van der Waals surface area contributed by atoms with Crippen LogP contribution in [0.2, 0.25) is 0 Å². The number of aliphatic hydroxyl groups excluding tert-OH is 1. The molecule has 0 aliphatic heterocycles. The lowest BCUT2D eigenvalue weighted by molar-refractivity contribution is -0.132. The van der Waals surface area contributed by atoms with Gasteiger partial charge in [-0.3, -0.25) is 9.59 Å². The lowest BCUT2D eigenvalue weighted by Crippen LogP contribution is -2.48. The largest absolute Gasteiger partial charge is 0.382 e. The molecular weight excluding hydrogens is 282 g/mol. The van der Waals surface area contributed by atoms with Crippen LogP contribution in [-0.2, 0) is 9.59 Å². The second-order valence-corrected chi connectivity index (χ2v) is 5.32. The van der Waals surface area contributed by atoms with E-state index in [-0.39, 0.29) is 18.5 Å². The number of carbonyl (C=O) groups excluding carboxylic acids is 2. The van der Waals surface area contributed by atoms with E-state index in [0.29, 0.717) is 6.42 Å². The van der Waals surface area contributed by atoms with E-state index in [1.54, 1.807) is 0 Å². The van der Waals surface area contributed by atoms with Gasteiger partial charge in [0.05, 0.1) is 12.6 Å². The van der Waals surface area contributed by atoms with Crippen molar-refractivity contribution in [2.24, 2.45) is 5.73 Å². The van der Waals surface area contributed by atoms with Gasteiger partial charge in [0.25, 0.3) is 5.91 Å². The molecule has 0 saturated carbocycles. The fraction of sp³-hybridized carbons (Fsp3) is 0.500. The van der Waals surface area contributed by atoms with Crippen molar-refractivity contribution >= 4 is 11.8 Å². The highest BCUT2D eigenvalue weighted by Gasteiger charge is 2.22. The van der Waals surface area contributed by atoms with Crippen LogP contribution in [0.25, 0.3) is 0 Å². The minimum absolute atomic E-state index is 0.155. The van der Waals surface area contributed by atoms with Crippen molar-refractivity contribution in [3.63, 3.8) is 0 Å². The maximum Gasteiger partial charge on any atom is 0.250 e. The summed E-state index contributed by atoms with van der Waals surface area (Å²) in [7, 11) is 0. The van der Waals surface area contributed by atoms with Crippen LogP contribution in [0.1, 0.15) is 38.3 Å². The van der Waals surface area contributed by atoms with Gasteiger partial charge in [-0.1, -0.05) is 43.7 Å². The Labute approximate surface area is 131 Å². The van der Waals surface area contributed by atoms with E-state index in [2.05, 4.69) is 10.6 Å². The maximum atomic E-state index is 11.8. The summed E-state index contributed by atoms with van der Waals surface area (Å²) >= 11 is 0. The number of aliphatic hydroxyl groups is 1. The Morgan fingerprint density at radius 3 is 2.50 bits per heavy atom. The molecule has 6 nitrogen and oxygen atoms in total. The molecular formula is C16H25N3O3. The van der Waals surface area contributed by atoms with Gasteiger partial charge < -0.3 is 21.5 Å². The molecule has 0 fully saturated rings. The molecule has 1 rings (SSSR count). The van der Waals surface area contributed by atoms with Gasteiger partial charge in [-0.15, -0.1) is 0 Å². The zero-order valence-corrected chi connectivity index (χ0v) is 13.1. The molecule has 2 amide bonds. The first kappa shape index (κ1) is 18.1. The van der Waals surface area contributed by atoms with Crippen molar-refractivity contribution in [2.45, 2.75) is 44.9 Å². The zero-order valence-electron chi connectivity index (χ0n) is 13.1. The van der Waals surface area contributed by atoms with Crippen molar-refractivity contribution < 1.29 is 14.7 Å². The molecule has 122 valence electrons. The van der Waals surface area contributed by atoms with Gasteiger partial charge in [-0.25, -0.2) is 0 Å². The van der Waals surface area contributed by atoms with E-state index in [1.165, 1.54) is 0 Å². The summed E-state index contributed by atoms with van der Waals surface area (Å²) in [5, 5.41) is 14.9. The predicted octanol–water partition coefficient (Wildman–Crippen LogP) is 0.468. The monoisotopic (exact) mass is 307 g/mol. The van der Waals surface area contributed by atoms with Crippen LogP contribution in [0.15, 0.2) is 30.3 Å². The van der Waals surface area contributed by atoms with Crippen LogP contribution in [0.4, 0.5) is 0 Å². The quantitative estimate of drug-likeness (QED) is 0.560. The normalized spacial score (nSPS) is 14.7. The highest BCUT2D eigenvalue weighted by molar-refractivity contribution is 5.87. The second kappa shape index (κ2) is 9.17. The molecule has 5 N–H and O–H groups in total.